The van der Waals surface area contributed by atoms with Gasteiger partial charge in [0.15, 0.2) is 17.5 Å². The largest absolute Gasteiger partial charge is 0.455 e. The lowest BCUT2D eigenvalue weighted by atomic mass is 9.94. The van der Waals surface area contributed by atoms with Crippen molar-refractivity contribution in [2.45, 2.75) is 0 Å². The van der Waals surface area contributed by atoms with Crippen molar-refractivity contribution in [1.82, 2.24) is 15.0 Å². The van der Waals surface area contributed by atoms with Crippen molar-refractivity contribution < 1.29 is 4.42 Å². The zero-order chi connectivity index (χ0) is 33.7. The summed E-state index contributed by atoms with van der Waals surface area (Å²) in [6, 6.07) is 61.1. The van der Waals surface area contributed by atoms with E-state index in [1.54, 1.807) is 0 Å². The second-order valence-electron chi connectivity index (χ2n) is 12.8. The Bertz CT molecular complexity index is 2830. The number of benzene rings is 8. The maximum atomic E-state index is 6.74. The topological polar surface area (TPSA) is 51.8 Å². The van der Waals surface area contributed by atoms with Crippen molar-refractivity contribution in [3.8, 4) is 56.4 Å². The summed E-state index contributed by atoms with van der Waals surface area (Å²) in [5.41, 5.74) is 8.85. The van der Waals surface area contributed by atoms with Gasteiger partial charge in [0, 0.05) is 33.0 Å². The highest BCUT2D eigenvalue weighted by atomic mass is 16.3. The van der Waals surface area contributed by atoms with Gasteiger partial charge in [0.1, 0.15) is 11.2 Å². The summed E-state index contributed by atoms with van der Waals surface area (Å²) in [6.45, 7) is 0. The minimum atomic E-state index is 0.605. The summed E-state index contributed by atoms with van der Waals surface area (Å²) in [5.74, 6) is 1.86. The highest BCUT2D eigenvalue weighted by molar-refractivity contribution is 6.14. The van der Waals surface area contributed by atoms with Gasteiger partial charge in [0.2, 0.25) is 0 Å². The molecule has 0 unspecified atom stereocenters. The van der Waals surface area contributed by atoms with Gasteiger partial charge in [-0.3, -0.25) is 0 Å². The molecule has 0 aliphatic carbocycles. The van der Waals surface area contributed by atoms with Crippen LogP contribution >= 0.6 is 0 Å². The van der Waals surface area contributed by atoms with Crippen LogP contribution < -0.4 is 0 Å². The quantitative estimate of drug-likeness (QED) is 0.186. The SMILES string of the molecule is c1ccc(-c2nc(-c3ccccc3)nc(-c3cc(-c4ccc(-c5cccc6ccccc56)cc4)c4oc5cc6ccccc6cc5c4c3)n2)cc1. The van der Waals surface area contributed by atoms with Crippen LogP contribution in [-0.2, 0) is 0 Å². The average molecular weight is 652 g/mol. The summed E-state index contributed by atoms with van der Waals surface area (Å²) in [4.78, 5) is 15.1. The van der Waals surface area contributed by atoms with Gasteiger partial charge >= 0.3 is 0 Å². The molecule has 2 heterocycles. The molecule has 0 N–H and O–H groups in total. The predicted molar refractivity (Wildman–Crippen MR) is 209 cm³/mol. The number of aromatic nitrogens is 3. The van der Waals surface area contributed by atoms with E-state index in [4.69, 9.17) is 19.4 Å². The van der Waals surface area contributed by atoms with Crippen LogP contribution in [0, 0.1) is 0 Å². The molecule has 0 spiro atoms. The molecule has 0 aliphatic heterocycles. The standard InChI is InChI=1S/C47H29N3O/c1-3-13-33(14-4-1)45-48-46(34-15-5-2-6-16-34)50-47(49-45)37-27-40(44-42(28-37)41-26-35-17-7-8-18-36(35)29-43(41)51-44)32-24-22-31(23-25-32)39-21-11-19-30-12-9-10-20-38(30)39/h1-29H. The Labute approximate surface area is 294 Å². The van der Waals surface area contributed by atoms with E-state index < -0.39 is 0 Å². The molecule has 4 nitrogen and oxygen atoms in total. The summed E-state index contributed by atoms with van der Waals surface area (Å²) in [7, 11) is 0. The first kappa shape index (κ1) is 29.0. The molecule has 0 atom stereocenters. The first-order chi connectivity index (χ1) is 25.2. The number of rotatable bonds is 5. The fourth-order valence-corrected chi connectivity index (χ4v) is 7.15. The molecule has 2 aromatic heterocycles. The Morgan fingerprint density at radius 3 is 1.51 bits per heavy atom. The smallest absolute Gasteiger partial charge is 0.164 e. The van der Waals surface area contributed by atoms with E-state index in [9.17, 15) is 0 Å². The predicted octanol–water partition coefficient (Wildman–Crippen LogP) is 12.4. The third kappa shape index (κ3) is 5.13. The van der Waals surface area contributed by atoms with E-state index in [1.165, 1.54) is 16.3 Å². The molecule has 0 aliphatic rings. The van der Waals surface area contributed by atoms with Gasteiger partial charge in [-0.1, -0.05) is 152 Å². The zero-order valence-corrected chi connectivity index (χ0v) is 27.5. The lowest BCUT2D eigenvalue weighted by molar-refractivity contribution is 0.670. The Hall–Kier alpha value is -6.91. The zero-order valence-electron chi connectivity index (χ0n) is 27.5. The summed E-state index contributed by atoms with van der Waals surface area (Å²) >= 11 is 0. The average Bonchev–Trinajstić information content (AvgIpc) is 3.57. The number of hydrogen-bond acceptors (Lipinski definition) is 4. The van der Waals surface area contributed by atoms with Gasteiger partial charge in [-0.2, -0.15) is 0 Å². The van der Waals surface area contributed by atoms with Gasteiger partial charge < -0.3 is 4.42 Å². The summed E-state index contributed by atoms with van der Waals surface area (Å²) < 4.78 is 6.74. The Morgan fingerprint density at radius 1 is 0.314 bits per heavy atom. The van der Waals surface area contributed by atoms with Gasteiger partial charge in [0.05, 0.1) is 0 Å². The number of hydrogen-bond donors (Lipinski definition) is 0. The maximum absolute atomic E-state index is 6.74. The Morgan fingerprint density at radius 2 is 0.843 bits per heavy atom. The summed E-state index contributed by atoms with van der Waals surface area (Å²) in [6.07, 6.45) is 0. The lowest BCUT2D eigenvalue weighted by Gasteiger charge is -2.11. The Kier molecular flexibility index (Phi) is 6.78. The van der Waals surface area contributed by atoms with Gasteiger partial charge in [-0.05, 0) is 62.5 Å². The molecule has 0 amide bonds. The molecule has 4 heteroatoms. The highest BCUT2D eigenvalue weighted by Crippen LogP contribution is 2.41. The van der Waals surface area contributed by atoms with Crippen LogP contribution in [0.5, 0.6) is 0 Å². The molecule has 0 fully saturated rings. The molecule has 0 saturated heterocycles. The molecule has 10 aromatic rings. The van der Waals surface area contributed by atoms with Gasteiger partial charge in [-0.25, -0.2) is 15.0 Å². The monoisotopic (exact) mass is 651 g/mol. The fourth-order valence-electron chi connectivity index (χ4n) is 7.15. The number of nitrogens with zero attached hydrogens (tertiary/aromatic N) is 3. The second-order valence-corrected chi connectivity index (χ2v) is 12.8. The van der Waals surface area contributed by atoms with Crippen molar-refractivity contribution in [3.63, 3.8) is 0 Å². The minimum Gasteiger partial charge on any atom is -0.455 e. The first-order valence-corrected chi connectivity index (χ1v) is 17.1. The van der Waals surface area contributed by atoms with Crippen molar-refractivity contribution in [2.75, 3.05) is 0 Å². The van der Waals surface area contributed by atoms with E-state index in [0.29, 0.717) is 17.5 Å². The van der Waals surface area contributed by atoms with Crippen molar-refractivity contribution in [1.29, 1.82) is 0 Å². The van der Waals surface area contributed by atoms with Crippen molar-refractivity contribution in [2.24, 2.45) is 0 Å². The molecule has 8 aromatic carbocycles. The van der Waals surface area contributed by atoms with Crippen LogP contribution in [0.25, 0.3) is 99.9 Å². The molecule has 10 rings (SSSR count). The first-order valence-electron chi connectivity index (χ1n) is 17.1. The van der Waals surface area contributed by atoms with E-state index in [0.717, 1.165) is 66.1 Å². The van der Waals surface area contributed by atoms with Crippen LogP contribution in [-0.4, -0.2) is 15.0 Å². The third-order valence-corrected chi connectivity index (χ3v) is 9.69. The third-order valence-electron chi connectivity index (χ3n) is 9.69. The van der Waals surface area contributed by atoms with E-state index in [1.807, 2.05) is 60.7 Å². The van der Waals surface area contributed by atoms with E-state index >= 15 is 0 Å². The van der Waals surface area contributed by atoms with Gasteiger partial charge in [-0.15, -0.1) is 0 Å². The van der Waals surface area contributed by atoms with Crippen LogP contribution in [0.1, 0.15) is 0 Å². The molecular formula is C47H29N3O. The molecular weight excluding hydrogens is 623 g/mol. The number of fused-ring (bicyclic) bond motifs is 5. The molecule has 0 saturated carbocycles. The van der Waals surface area contributed by atoms with Crippen LogP contribution in [0.3, 0.4) is 0 Å². The van der Waals surface area contributed by atoms with Crippen LogP contribution in [0.4, 0.5) is 0 Å². The lowest BCUT2D eigenvalue weighted by Crippen LogP contribution is -2.00. The number of furan rings is 1. The van der Waals surface area contributed by atoms with E-state index in [2.05, 4.69) is 115 Å². The maximum Gasteiger partial charge on any atom is 0.164 e. The molecule has 0 bridgehead atoms. The van der Waals surface area contributed by atoms with Crippen LogP contribution in [0.2, 0.25) is 0 Å². The van der Waals surface area contributed by atoms with Crippen molar-refractivity contribution >= 4 is 43.5 Å². The summed E-state index contributed by atoms with van der Waals surface area (Å²) in [5, 5.41) is 6.84. The fraction of sp³-hybridized carbons (Fsp3) is 0. The van der Waals surface area contributed by atoms with Crippen LogP contribution in [0.15, 0.2) is 180 Å². The van der Waals surface area contributed by atoms with Crippen molar-refractivity contribution in [3.05, 3.63) is 176 Å². The Balaban J connectivity index is 1.21. The highest BCUT2D eigenvalue weighted by Gasteiger charge is 2.19. The van der Waals surface area contributed by atoms with Gasteiger partial charge in [0.25, 0.3) is 0 Å². The van der Waals surface area contributed by atoms with E-state index in [-0.39, 0.29) is 0 Å². The molecule has 51 heavy (non-hydrogen) atoms. The minimum absolute atomic E-state index is 0.605. The normalized spacial score (nSPS) is 11.5. The molecule has 0 radical (unpaired) electrons. The molecule has 238 valence electrons. The second kappa shape index (κ2) is 11.9.